The predicted molar refractivity (Wildman–Crippen MR) is 79.5 cm³/mol. The average molecular weight is 296 g/mol. The van der Waals surface area contributed by atoms with E-state index in [0.717, 1.165) is 4.90 Å². The molecular weight excluding hydrogens is 276 g/mol. The van der Waals surface area contributed by atoms with Gasteiger partial charge in [-0.3, -0.25) is 4.79 Å². The van der Waals surface area contributed by atoms with E-state index in [2.05, 4.69) is 0 Å². The summed E-state index contributed by atoms with van der Waals surface area (Å²) in [4.78, 5) is 24.7. The minimum absolute atomic E-state index is 0.120. The van der Waals surface area contributed by atoms with E-state index in [9.17, 15) is 9.59 Å². The number of benzene rings is 1. The minimum Gasteiger partial charge on any atom is -0.496 e. The Morgan fingerprint density at radius 1 is 1.25 bits per heavy atom. The fourth-order valence-electron chi connectivity index (χ4n) is 1.39. The summed E-state index contributed by atoms with van der Waals surface area (Å²) in [5.41, 5.74) is -0.195. The van der Waals surface area contributed by atoms with Crippen LogP contribution in [0.1, 0.15) is 31.1 Å². The monoisotopic (exact) mass is 296 g/mol. The third-order valence-electron chi connectivity index (χ3n) is 2.80. The molecule has 0 fully saturated rings. The number of hydrogen-bond acceptors (Lipinski definition) is 5. The number of Topliss-reactive ketones (excluding diaryl/α,β-unsaturated/α-hetero) is 1. The molecule has 20 heavy (non-hydrogen) atoms. The van der Waals surface area contributed by atoms with Crippen molar-refractivity contribution in [1.82, 2.24) is 0 Å². The van der Waals surface area contributed by atoms with Gasteiger partial charge in [0.1, 0.15) is 11.3 Å². The summed E-state index contributed by atoms with van der Waals surface area (Å²) in [6.07, 6.45) is 1.94. The molecule has 0 aromatic heterocycles. The molecule has 1 aromatic carbocycles. The van der Waals surface area contributed by atoms with Crippen molar-refractivity contribution in [1.29, 1.82) is 0 Å². The smallest absolute Gasteiger partial charge is 0.342 e. The Bertz CT molecular complexity index is 503. The number of methoxy groups -OCH3 is 1. The van der Waals surface area contributed by atoms with Crippen LogP contribution in [-0.2, 0) is 9.53 Å². The fraction of sp³-hybridized carbons (Fsp3) is 0.467. The first-order chi connectivity index (χ1) is 9.29. The lowest BCUT2D eigenvalue weighted by Gasteiger charge is -2.16. The molecule has 4 nitrogen and oxygen atoms in total. The quantitative estimate of drug-likeness (QED) is 0.617. The number of carbonyl (C=O) groups is 2. The van der Waals surface area contributed by atoms with Gasteiger partial charge in [0.2, 0.25) is 0 Å². The van der Waals surface area contributed by atoms with Gasteiger partial charge in [0.05, 0.1) is 7.11 Å². The highest BCUT2D eigenvalue weighted by Crippen LogP contribution is 2.26. The summed E-state index contributed by atoms with van der Waals surface area (Å²) >= 11 is 1.55. The van der Waals surface area contributed by atoms with Crippen molar-refractivity contribution >= 4 is 23.5 Å². The Labute approximate surface area is 123 Å². The number of rotatable bonds is 5. The van der Waals surface area contributed by atoms with Gasteiger partial charge in [-0.2, -0.15) is 0 Å². The first kappa shape index (κ1) is 16.6. The van der Waals surface area contributed by atoms with Gasteiger partial charge in [-0.05, 0) is 24.5 Å². The van der Waals surface area contributed by atoms with Crippen LogP contribution in [-0.4, -0.2) is 31.7 Å². The summed E-state index contributed by atoms with van der Waals surface area (Å²) in [6.45, 7) is 5.14. The number of ether oxygens (including phenoxy) is 2. The van der Waals surface area contributed by atoms with Crippen LogP contribution in [0.4, 0.5) is 0 Å². The van der Waals surface area contributed by atoms with Gasteiger partial charge in [-0.15, -0.1) is 11.8 Å². The van der Waals surface area contributed by atoms with E-state index in [1.165, 1.54) is 7.11 Å². The minimum atomic E-state index is -0.549. The molecule has 0 atom stereocenters. The Balaban J connectivity index is 2.80. The molecule has 0 bridgehead atoms. The molecular formula is C15H20O4S. The number of carbonyl (C=O) groups excluding carboxylic acids is 2. The van der Waals surface area contributed by atoms with Crippen LogP contribution in [0.2, 0.25) is 0 Å². The van der Waals surface area contributed by atoms with Crippen molar-refractivity contribution in [3.8, 4) is 5.75 Å². The van der Waals surface area contributed by atoms with E-state index in [-0.39, 0.29) is 12.4 Å². The molecule has 1 rings (SSSR count). The van der Waals surface area contributed by atoms with Crippen molar-refractivity contribution in [3.05, 3.63) is 23.8 Å². The van der Waals surface area contributed by atoms with Gasteiger partial charge in [0.25, 0.3) is 0 Å². The highest BCUT2D eigenvalue weighted by molar-refractivity contribution is 7.98. The largest absolute Gasteiger partial charge is 0.496 e. The molecule has 0 saturated carbocycles. The summed E-state index contributed by atoms with van der Waals surface area (Å²) < 4.78 is 10.2. The molecule has 0 heterocycles. The van der Waals surface area contributed by atoms with Crippen LogP contribution >= 0.6 is 11.8 Å². The van der Waals surface area contributed by atoms with Gasteiger partial charge >= 0.3 is 5.97 Å². The van der Waals surface area contributed by atoms with E-state index >= 15 is 0 Å². The third kappa shape index (κ3) is 4.27. The average Bonchev–Trinajstić information content (AvgIpc) is 2.42. The number of hydrogen-bond donors (Lipinski definition) is 0. The van der Waals surface area contributed by atoms with Crippen LogP contribution in [0, 0.1) is 5.41 Å². The van der Waals surface area contributed by atoms with Crippen molar-refractivity contribution in [3.63, 3.8) is 0 Å². The lowest BCUT2D eigenvalue weighted by Crippen LogP contribution is -2.26. The lowest BCUT2D eigenvalue weighted by molar-refractivity contribution is -0.129. The number of thioether (sulfide) groups is 1. The second kappa shape index (κ2) is 6.79. The first-order valence-electron chi connectivity index (χ1n) is 6.22. The fourth-order valence-corrected chi connectivity index (χ4v) is 1.82. The van der Waals surface area contributed by atoms with Gasteiger partial charge in [-0.25, -0.2) is 4.79 Å². The molecule has 0 N–H and O–H groups in total. The van der Waals surface area contributed by atoms with Crippen LogP contribution in [0.15, 0.2) is 23.1 Å². The summed E-state index contributed by atoms with van der Waals surface area (Å²) in [5, 5.41) is 0. The molecule has 0 aliphatic heterocycles. The Morgan fingerprint density at radius 2 is 1.90 bits per heavy atom. The van der Waals surface area contributed by atoms with Crippen LogP contribution in [0.25, 0.3) is 0 Å². The summed E-state index contributed by atoms with van der Waals surface area (Å²) in [7, 11) is 1.50. The summed E-state index contributed by atoms with van der Waals surface area (Å²) in [5.74, 6) is -0.220. The van der Waals surface area contributed by atoms with E-state index in [1.54, 1.807) is 44.7 Å². The van der Waals surface area contributed by atoms with Crippen LogP contribution in [0.5, 0.6) is 5.75 Å². The van der Waals surface area contributed by atoms with Gasteiger partial charge < -0.3 is 9.47 Å². The van der Waals surface area contributed by atoms with E-state index in [4.69, 9.17) is 9.47 Å². The normalized spacial score (nSPS) is 11.1. The maximum Gasteiger partial charge on any atom is 0.342 e. The van der Waals surface area contributed by atoms with Crippen LogP contribution < -0.4 is 4.74 Å². The van der Waals surface area contributed by atoms with Crippen LogP contribution in [0.3, 0.4) is 0 Å². The second-order valence-electron chi connectivity index (χ2n) is 5.32. The number of esters is 1. The SMILES string of the molecule is COc1cc(SC)ccc1C(=O)OCC(=O)C(C)(C)C. The van der Waals surface area contributed by atoms with Crippen molar-refractivity contribution < 1.29 is 19.1 Å². The first-order valence-corrected chi connectivity index (χ1v) is 7.44. The second-order valence-corrected chi connectivity index (χ2v) is 6.20. The zero-order valence-corrected chi connectivity index (χ0v) is 13.3. The van der Waals surface area contributed by atoms with Gasteiger partial charge in [-0.1, -0.05) is 20.8 Å². The molecule has 5 heteroatoms. The standard InChI is InChI=1S/C15H20O4S/c1-15(2,3)13(16)9-19-14(17)11-7-6-10(20-5)8-12(11)18-4/h6-8H,9H2,1-5H3. The number of ketones is 1. The molecule has 1 aromatic rings. The topological polar surface area (TPSA) is 52.6 Å². The Kier molecular flexibility index (Phi) is 5.62. The Hall–Kier alpha value is -1.49. The molecule has 0 amide bonds. The molecule has 110 valence electrons. The van der Waals surface area contributed by atoms with E-state index in [0.29, 0.717) is 11.3 Å². The molecule has 0 aliphatic carbocycles. The van der Waals surface area contributed by atoms with Crippen molar-refractivity contribution in [2.24, 2.45) is 5.41 Å². The molecule has 0 saturated heterocycles. The van der Waals surface area contributed by atoms with E-state index in [1.807, 2.05) is 12.3 Å². The maximum atomic E-state index is 12.0. The molecule has 0 radical (unpaired) electrons. The lowest BCUT2D eigenvalue weighted by atomic mass is 9.91. The van der Waals surface area contributed by atoms with Gasteiger partial charge in [0.15, 0.2) is 12.4 Å². The van der Waals surface area contributed by atoms with Crippen molar-refractivity contribution in [2.45, 2.75) is 25.7 Å². The zero-order chi connectivity index (χ0) is 15.3. The molecule has 0 spiro atoms. The third-order valence-corrected chi connectivity index (χ3v) is 3.52. The Morgan fingerprint density at radius 3 is 2.40 bits per heavy atom. The maximum absolute atomic E-state index is 12.0. The highest BCUT2D eigenvalue weighted by atomic mass is 32.2. The highest BCUT2D eigenvalue weighted by Gasteiger charge is 2.23. The van der Waals surface area contributed by atoms with Crippen molar-refractivity contribution in [2.75, 3.05) is 20.0 Å². The summed E-state index contributed by atoms with van der Waals surface area (Å²) in [6, 6.07) is 5.23. The predicted octanol–water partition coefficient (Wildman–Crippen LogP) is 3.19. The molecule has 0 unspecified atom stereocenters. The zero-order valence-electron chi connectivity index (χ0n) is 12.5. The van der Waals surface area contributed by atoms with E-state index < -0.39 is 11.4 Å². The van der Waals surface area contributed by atoms with Gasteiger partial charge in [0, 0.05) is 10.3 Å². The molecule has 0 aliphatic rings.